The van der Waals surface area contributed by atoms with Gasteiger partial charge in [-0.25, -0.2) is 4.79 Å². The van der Waals surface area contributed by atoms with Crippen molar-refractivity contribution in [2.75, 3.05) is 13.2 Å². The number of carboxylic acids is 1. The van der Waals surface area contributed by atoms with Crippen molar-refractivity contribution < 1.29 is 24.2 Å². The predicted molar refractivity (Wildman–Crippen MR) is 89.4 cm³/mol. The van der Waals surface area contributed by atoms with Crippen molar-refractivity contribution in [1.29, 1.82) is 0 Å². The molecule has 7 nitrogen and oxygen atoms in total. The lowest BCUT2D eigenvalue weighted by atomic mass is 9.54. The van der Waals surface area contributed by atoms with Crippen molar-refractivity contribution in [2.24, 2.45) is 11.3 Å². The zero-order chi connectivity index (χ0) is 18.5. The van der Waals surface area contributed by atoms with Crippen LogP contribution in [0.1, 0.15) is 53.9 Å². The molecule has 1 aliphatic rings. The summed E-state index contributed by atoms with van der Waals surface area (Å²) in [5.74, 6) is -1.38. The van der Waals surface area contributed by atoms with Crippen LogP contribution in [0.2, 0.25) is 0 Å². The Morgan fingerprint density at radius 2 is 1.88 bits per heavy atom. The molecule has 0 spiro atoms. The van der Waals surface area contributed by atoms with Gasteiger partial charge >= 0.3 is 5.97 Å². The molecule has 2 amide bonds. The summed E-state index contributed by atoms with van der Waals surface area (Å²) < 4.78 is 5.55. The van der Waals surface area contributed by atoms with Crippen molar-refractivity contribution in [1.82, 2.24) is 10.6 Å². The minimum atomic E-state index is -1.37. The first-order valence-electron chi connectivity index (χ1n) is 8.49. The second-order valence-electron chi connectivity index (χ2n) is 7.34. The van der Waals surface area contributed by atoms with E-state index in [1.807, 2.05) is 20.8 Å². The Hall–Kier alpha value is -1.63. The highest BCUT2D eigenvalue weighted by molar-refractivity contribution is 5.91. The van der Waals surface area contributed by atoms with Crippen LogP contribution >= 0.6 is 0 Å². The normalized spacial score (nSPS) is 25.0. The average molecular weight is 342 g/mol. The standard InChI is InChI=1S/C17H30N2O5/c1-6-24-12-9-17(15(22)23,16(12,4)5)19-14(21)10-18-13(20)8-7-11(2)3/h11-12H,6-10H2,1-5H3,(H,18,20)(H,19,21)(H,22,23). The van der Waals surface area contributed by atoms with Gasteiger partial charge in [-0.2, -0.15) is 0 Å². The van der Waals surface area contributed by atoms with Crippen molar-refractivity contribution in [3.05, 3.63) is 0 Å². The topological polar surface area (TPSA) is 105 Å². The van der Waals surface area contributed by atoms with Gasteiger partial charge in [-0.1, -0.05) is 27.7 Å². The van der Waals surface area contributed by atoms with E-state index in [0.29, 0.717) is 18.9 Å². The molecule has 7 heteroatoms. The van der Waals surface area contributed by atoms with Gasteiger partial charge < -0.3 is 20.5 Å². The molecule has 1 rings (SSSR count). The molecule has 0 radical (unpaired) electrons. The Bertz CT molecular complexity index is 489. The summed E-state index contributed by atoms with van der Waals surface area (Å²) in [4.78, 5) is 35.6. The second-order valence-corrected chi connectivity index (χ2v) is 7.34. The Morgan fingerprint density at radius 1 is 1.25 bits per heavy atom. The maximum atomic E-state index is 12.1. The molecule has 24 heavy (non-hydrogen) atoms. The van der Waals surface area contributed by atoms with Crippen LogP contribution in [0.4, 0.5) is 0 Å². The van der Waals surface area contributed by atoms with Crippen molar-refractivity contribution >= 4 is 17.8 Å². The Labute approximate surface area is 143 Å². The van der Waals surface area contributed by atoms with Gasteiger partial charge in [0.1, 0.15) is 5.54 Å². The third kappa shape index (κ3) is 4.26. The van der Waals surface area contributed by atoms with Crippen LogP contribution in [0.5, 0.6) is 0 Å². The van der Waals surface area contributed by atoms with E-state index in [0.717, 1.165) is 6.42 Å². The average Bonchev–Trinajstić information content (AvgIpc) is 2.49. The Morgan fingerprint density at radius 3 is 2.33 bits per heavy atom. The fourth-order valence-electron chi connectivity index (χ4n) is 3.01. The minimum Gasteiger partial charge on any atom is -0.479 e. The molecule has 1 aliphatic carbocycles. The van der Waals surface area contributed by atoms with E-state index >= 15 is 0 Å². The highest BCUT2D eigenvalue weighted by Gasteiger charge is 2.66. The molecule has 0 heterocycles. The number of carboxylic acid groups (broad SMARTS) is 1. The maximum absolute atomic E-state index is 12.1. The van der Waals surface area contributed by atoms with Crippen molar-refractivity contribution in [3.63, 3.8) is 0 Å². The molecule has 3 N–H and O–H groups in total. The monoisotopic (exact) mass is 342 g/mol. The SMILES string of the molecule is CCOC1CC(NC(=O)CNC(=O)CCC(C)C)(C(=O)O)C1(C)C. The summed E-state index contributed by atoms with van der Waals surface area (Å²) in [6.07, 6.45) is 1.10. The molecule has 0 saturated heterocycles. The van der Waals surface area contributed by atoms with E-state index in [1.54, 1.807) is 13.8 Å². The first-order valence-corrected chi connectivity index (χ1v) is 8.49. The van der Waals surface area contributed by atoms with Crippen LogP contribution in [0.25, 0.3) is 0 Å². The molecule has 0 aromatic rings. The first-order chi connectivity index (χ1) is 11.1. The number of hydrogen-bond donors (Lipinski definition) is 3. The number of ether oxygens (including phenoxy) is 1. The van der Waals surface area contributed by atoms with Crippen molar-refractivity contribution in [3.8, 4) is 0 Å². The van der Waals surface area contributed by atoms with Crippen LogP contribution in [0.15, 0.2) is 0 Å². The zero-order valence-corrected chi connectivity index (χ0v) is 15.3. The molecule has 0 aromatic carbocycles. The summed E-state index contributed by atoms with van der Waals surface area (Å²) in [7, 11) is 0. The van der Waals surface area contributed by atoms with Gasteiger partial charge in [0.05, 0.1) is 12.6 Å². The zero-order valence-electron chi connectivity index (χ0n) is 15.3. The summed E-state index contributed by atoms with van der Waals surface area (Å²) in [5.41, 5.74) is -2.10. The van der Waals surface area contributed by atoms with E-state index < -0.39 is 22.8 Å². The van der Waals surface area contributed by atoms with E-state index in [4.69, 9.17) is 4.74 Å². The lowest BCUT2D eigenvalue weighted by Gasteiger charge is -2.58. The molecule has 138 valence electrons. The second kappa shape index (κ2) is 7.96. The fourth-order valence-corrected chi connectivity index (χ4v) is 3.01. The summed E-state index contributed by atoms with van der Waals surface area (Å²) >= 11 is 0. The number of rotatable bonds is 9. The number of hydrogen-bond acceptors (Lipinski definition) is 4. The lowest BCUT2D eigenvalue weighted by Crippen LogP contribution is -2.76. The van der Waals surface area contributed by atoms with Gasteiger partial charge in [-0.15, -0.1) is 0 Å². The quantitative estimate of drug-likeness (QED) is 0.586. The molecular formula is C17H30N2O5. The van der Waals surface area contributed by atoms with Gasteiger partial charge in [0.15, 0.2) is 0 Å². The van der Waals surface area contributed by atoms with Crippen LogP contribution in [-0.4, -0.2) is 47.7 Å². The fraction of sp³-hybridized carbons (Fsp3) is 0.824. The van der Waals surface area contributed by atoms with E-state index in [9.17, 15) is 19.5 Å². The molecule has 2 unspecified atom stereocenters. The van der Waals surface area contributed by atoms with E-state index in [2.05, 4.69) is 10.6 Å². The maximum Gasteiger partial charge on any atom is 0.330 e. The van der Waals surface area contributed by atoms with Gasteiger partial charge in [0.25, 0.3) is 0 Å². The number of carbonyl (C=O) groups excluding carboxylic acids is 2. The van der Waals surface area contributed by atoms with Crippen LogP contribution in [0, 0.1) is 11.3 Å². The number of aliphatic carboxylic acids is 1. The highest BCUT2D eigenvalue weighted by Crippen LogP contribution is 2.51. The van der Waals surface area contributed by atoms with E-state index in [-0.39, 0.29) is 25.0 Å². The molecule has 1 fully saturated rings. The molecule has 0 bridgehead atoms. The number of nitrogens with one attached hydrogen (secondary N) is 2. The van der Waals surface area contributed by atoms with Crippen molar-refractivity contribution in [2.45, 2.75) is 65.5 Å². The van der Waals surface area contributed by atoms with Gasteiger partial charge in [0.2, 0.25) is 11.8 Å². The number of amides is 2. The molecular weight excluding hydrogens is 312 g/mol. The third-order valence-corrected chi connectivity index (χ3v) is 4.88. The summed E-state index contributed by atoms with van der Waals surface area (Å²) in [6.45, 7) is 9.69. The smallest absolute Gasteiger partial charge is 0.330 e. The largest absolute Gasteiger partial charge is 0.479 e. The molecule has 0 aromatic heterocycles. The number of carbonyl (C=O) groups is 3. The predicted octanol–water partition coefficient (Wildman–Crippen LogP) is 1.31. The van der Waals surface area contributed by atoms with Crippen LogP contribution in [0.3, 0.4) is 0 Å². The third-order valence-electron chi connectivity index (χ3n) is 4.88. The Balaban J connectivity index is 2.60. The van der Waals surface area contributed by atoms with Gasteiger partial charge in [0, 0.05) is 24.9 Å². The highest BCUT2D eigenvalue weighted by atomic mass is 16.5. The van der Waals surface area contributed by atoms with Gasteiger partial charge in [-0.05, 0) is 19.3 Å². The minimum absolute atomic E-state index is 0.205. The van der Waals surface area contributed by atoms with Gasteiger partial charge in [-0.3, -0.25) is 9.59 Å². The molecule has 0 aliphatic heterocycles. The van der Waals surface area contributed by atoms with Crippen LogP contribution in [-0.2, 0) is 19.1 Å². The summed E-state index contributed by atoms with van der Waals surface area (Å²) in [5, 5.41) is 14.8. The van der Waals surface area contributed by atoms with Crippen LogP contribution < -0.4 is 10.6 Å². The molecule has 2 atom stereocenters. The Kier molecular flexibility index (Phi) is 6.77. The van der Waals surface area contributed by atoms with E-state index in [1.165, 1.54) is 0 Å². The lowest BCUT2D eigenvalue weighted by molar-refractivity contribution is -0.194. The first kappa shape index (κ1) is 20.4. The molecule has 1 saturated carbocycles. The summed E-state index contributed by atoms with van der Waals surface area (Å²) in [6, 6.07) is 0.